The third kappa shape index (κ3) is 2.47. The lowest BCUT2D eigenvalue weighted by Crippen LogP contribution is -2.44. The van der Waals surface area contributed by atoms with E-state index >= 15 is 0 Å². The first-order valence-corrected chi connectivity index (χ1v) is 5.50. The van der Waals surface area contributed by atoms with Crippen molar-refractivity contribution in [2.75, 3.05) is 0 Å². The Morgan fingerprint density at radius 2 is 1.88 bits per heavy atom. The summed E-state index contributed by atoms with van der Waals surface area (Å²) in [5.41, 5.74) is 0.508. The second-order valence-corrected chi connectivity index (χ2v) is 4.62. The van der Waals surface area contributed by atoms with Crippen LogP contribution in [-0.2, 0) is 9.78 Å². The predicted molar refractivity (Wildman–Crippen MR) is 54.7 cm³/mol. The molecule has 1 aliphatic heterocycles. The first-order chi connectivity index (χ1) is 7.82. The summed E-state index contributed by atoms with van der Waals surface area (Å²) in [6.45, 7) is 0. The smallest absolute Gasteiger partial charge is 0.356 e. The Labute approximate surface area is 103 Å². The van der Waals surface area contributed by atoms with Gasteiger partial charge in [0.05, 0.1) is 0 Å². The fraction of sp³-hybridized carbons (Fsp3) is 0.400. The van der Waals surface area contributed by atoms with Crippen LogP contribution in [-0.4, -0.2) is 17.1 Å². The summed E-state index contributed by atoms with van der Waals surface area (Å²) in [5, 5.41) is 9.23. The molecular formula is C10H8BrF3O3. The van der Waals surface area contributed by atoms with Gasteiger partial charge in [-0.1, -0.05) is 28.1 Å². The highest BCUT2D eigenvalue weighted by molar-refractivity contribution is 9.10. The molecule has 94 valence electrons. The summed E-state index contributed by atoms with van der Waals surface area (Å²) in [6.07, 6.45) is -6.50. The Morgan fingerprint density at radius 1 is 1.29 bits per heavy atom. The van der Waals surface area contributed by atoms with E-state index in [0.717, 1.165) is 4.47 Å². The Bertz CT molecular complexity index is 406. The van der Waals surface area contributed by atoms with E-state index in [0.29, 0.717) is 5.56 Å². The highest BCUT2D eigenvalue weighted by Crippen LogP contribution is 2.45. The van der Waals surface area contributed by atoms with E-state index in [-0.39, 0.29) is 0 Å². The molecule has 0 spiro atoms. The van der Waals surface area contributed by atoms with Crippen molar-refractivity contribution < 1.29 is 28.1 Å². The highest BCUT2D eigenvalue weighted by atomic mass is 79.9. The summed E-state index contributed by atoms with van der Waals surface area (Å²) in [7, 11) is 0. The van der Waals surface area contributed by atoms with Gasteiger partial charge in [-0.15, -0.1) is 0 Å². The van der Waals surface area contributed by atoms with Crippen molar-refractivity contribution in [2.45, 2.75) is 24.5 Å². The average molecular weight is 313 g/mol. The first kappa shape index (κ1) is 12.8. The normalized spacial score (nSPS) is 29.6. The molecule has 0 saturated carbocycles. The standard InChI is InChI=1S/C10H8BrF3O3/c11-7-3-1-6(2-4-7)8-5-9(15,17-16-8)10(12,13)14/h1-4,8,15H,5H2/t8-,9?/m0/s1. The number of aliphatic hydroxyl groups is 1. The highest BCUT2D eigenvalue weighted by Gasteiger charge is 2.61. The molecule has 1 aliphatic rings. The molecule has 0 aromatic heterocycles. The average Bonchev–Trinajstić information content (AvgIpc) is 2.63. The van der Waals surface area contributed by atoms with Crippen molar-refractivity contribution in [2.24, 2.45) is 0 Å². The number of rotatable bonds is 1. The van der Waals surface area contributed by atoms with Gasteiger partial charge in [0.25, 0.3) is 5.79 Å². The fourth-order valence-corrected chi connectivity index (χ4v) is 1.74. The van der Waals surface area contributed by atoms with Gasteiger partial charge in [0.15, 0.2) is 0 Å². The van der Waals surface area contributed by atoms with Gasteiger partial charge in [-0.05, 0) is 17.7 Å². The molecule has 1 aromatic carbocycles. The maximum Gasteiger partial charge on any atom is 0.446 e. The van der Waals surface area contributed by atoms with Crippen LogP contribution in [0.3, 0.4) is 0 Å². The lowest BCUT2D eigenvalue weighted by molar-refractivity contribution is -0.448. The van der Waals surface area contributed by atoms with E-state index in [9.17, 15) is 18.3 Å². The van der Waals surface area contributed by atoms with Gasteiger partial charge in [0, 0.05) is 10.9 Å². The lowest BCUT2D eigenvalue weighted by atomic mass is 10.0. The molecule has 1 heterocycles. The zero-order chi connectivity index (χ0) is 12.7. The summed E-state index contributed by atoms with van der Waals surface area (Å²) >= 11 is 3.21. The molecule has 2 atom stereocenters. The van der Waals surface area contributed by atoms with Crippen LogP contribution < -0.4 is 0 Å². The largest absolute Gasteiger partial charge is 0.446 e. The molecule has 3 nitrogen and oxygen atoms in total. The van der Waals surface area contributed by atoms with Gasteiger partial charge in [-0.2, -0.15) is 18.1 Å². The van der Waals surface area contributed by atoms with Crippen molar-refractivity contribution in [3.63, 3.8) is 0 Å². The molecule has 1 unspecified atom stereocenters. The molecule has 1 saturated heterocycles. The number of halogens is 4. The molecule has 1 aromatic rings. The molecule has 0 radical (unpaired) electrons. The Kier molecular flexibility index (Phi) is 3.19. The van der Waals surface area contributed by atoms with Crippen LogP contribution in [0.4, 0.5) is 13.2 Å². The lowest BCUT2D eigenvalue weighted by Gasteiger charge is -2.21. The van der Waals surface area contributed by atoms with Crippen LogP contribution in [0.25, 0.3) is 0 Å². The monoisotopic (exact) mass is 312 g/mol. The second kappa shape index (κ2) is 4.24. The minimum absolute atomic E-state index is 0.508. The third-order valence-corrected chi connectivity index (χ3v) is 2.98. The van der Waals surface area contributed by atoms with Gasteiger partial charge in [-0.25, -0.2) is 4.89 Å². The van der Waals surface area contributed by atoms with Crippen LogP contribution >= 0.6 is 15.9 Å². The maximum absolute atomic E-state index is 12.4. The molecule has 17 heavy (non-hydrogen) atoms. The van der Waals surface area contributed by atoms with Crippen molar-refractivity contribution in [1.29, 1.82) is 0 Å². The van der Waals surface area contributed by atoms with Gasteiger partial charge >= 0.3 is 6.18 Å². The van der Waals surface area contributed by atoms with E-state index in [1.165, 1.54) is 0 Å². The van der Waals surface area contributed by atoms with Crippen molar-refractivity contribution in [3.8, 4) is 0 Å². The van der Waals surface area contributed by atoms with E-state index < -0.39 is 24.5 Å². The predicted octanol–water partition coefficient (Wildman–Crippen LogP) is 3.09. The molecule has 7 heteroatoms. The van der Waals surface area contributed by atoms with Crippen LogP contribution in [0.5, 0.6) is 0 Å². The Balaban J connectivity index is 2.15. The zero-order valence-corrected chi connectivity index (χ0v) is 9.96. The zero-order valence-electron chi connectivity index (χ0n) is 8.37. The van der Waals surface area contributed by atoms with Crippen molar-refractivity contribution >= 4 is 15.9 Å². The van der Waals surface area contributed by atoms with E-state index in [2.05, 4.69) is 25.7 Å². The molecular weight excluding hydrogens is 305 g/mol. The Hall–Kier alpha value is -0.630. The Morgan fingerprint density at radius 3 is 2.35 bits per heavy atom. The first-order valence-electron chi connectivity index (χ1n) is 4.71. The fourth-order valence-electron chi connectivity index (χ4n) is 1.47. The summed E-state index contributed by atoms with van der Waals surface area (Å²) in [4.78, 5) is 8.56. The summed E-state index contributed by atoms with van der Waals surface area (Å²) in [6, 6.07) is 6.54. The van der Waals surface area contributed by atoms with E-state index in [4.69, 9.17) is 0 Å². The summed E-state index contributed by atoms with van der Waals surface area (Å²) in [5.74, 6) is -3.23. The van der Waals surface area contributed by atoms with Gasteiger partial charge in [0.2, 0.25) is 0 Å². The SMILES string of the molecule is OC1(C(F)(F)F)C[C@@H](c2ccc(Br)cc2)OO1. The second-order valence-electron chi connectivity index (χ2n) is 3.71. The van der Waals surface area contributed by atoms with Gasteiger partial charge in [0.1, 0.15) is 6.10 Å². The van der Waals surface area contributed by atoms with Crippen LogP contribution in [0, 0.1) is 0 Å². The molecule has 2 rings (SSSR count). The van der Waals surface area contributed by atoms with Crippen LogP contribution in [0.2, 0.25) is 0 Å². The maximum atomic E-state index is 12.4. The van der Waals surface area contributed by atoms with Gasteiger partial charge < -0.3 is 5.11 Å². The van der Waals surface area contributed by atoms with Crippen molar-refractivity contribution in [3.05, 3.63) is 34.3 Å². The topological polar surface area (TPSA) is 38.7 Å². The number of hydrogen-bond donors (Lipinski definition) is 1. The quantitative estimate of drug-likeness (QED) is 0.810. The van der Waals surface area contributed by atoms with Crippen LogP contribution in [0.1, 0.15) is 18.1 Å². The third-order valence-electron chi connectivity index (χ3n) is 2.45. The van der Waals surface area contributed by atoms with E-state index in [1.807, 2.05) is 0 Å². The summed E-state index contributed by atoms with van der Waals surface area (Å²) < 4.78 is 38.1. The molecule has 1 fully saturated rings. The van der Waals surface area contributed by atoms with E-state index in [1.54, 1.807) is 24.3 Å². The molecule has 0 aliphatic carbocycles. The number of benzene rings is 1. The minimum atomic E-state index is -4.88. The number of alkyl halides is 3. The van der Waals surface area contributed by atoms with Crippen molar-refractivity contribution in [1.82, 2.24) is 0 Å². The minimum Gasteiger partial charge on any atom is -0.356 e. The molecule has 1 N–H and O–H groups in total. The molecule has 0 amide bonds. The number of hydrogen-bond acceptors (Lipinski definition) is 3. The molecule has 0 bridgehead atoms. The van der Waals surface area contributed by atoms with Crippen LogP contribution in [0.15, 0.2) is 28.7 Å². The van der Waals surface area contributed by atoms with Gasteiger partial charge in [-0.3, -0.25) is 0 Å².